The summed E-state index contributed by atoms with van der Waals surface area (Å²) in [5.41, 5.74) is 0.825. The van der Waals surface area contributed by atoms with Crippen LogP contribution < -0.4 is 4.74 Å². The quantitative estimate of drug-likeness (QED) is 0.903. The molecule has 0 aliphatic heterocycles. The molecule has 0 amide bonds. The van der Waals surface area contributed by atoms with Gasteiger partial charge in [0.15, 0.2) is 5.75 Å². The van der Waals surface area contributed by atoms with Crippen molar-refractivity contribution in [3.63, 3.8) is 0 Å². The topological polar surface area (TPSA) is 29.5 Å². The zero-order valence-corrected chi connectivity index (χ0v) is 11.4. The second-order valence-electron chi connectivity index (χ2n) is 3.97. The number of rotatable bonds is 4. The molecule has 100 valence electrons. The molecule has 0 aromatic heterocycles. The second-order valence-corrected chi connectivity index (χ2v) is 4.78. The first-order valence-corrected chi connectivity index (χ1v) is 6.37. The van der Waals surface area contributed by atoms with E-state index < -0.39 is 0 Å². The van der Waals surface area contributed by atoms with Gasteiger partial charge in [-0.3, -0.25) is 0 Å². The van der Waals surface area contributed by atoms with Crippen molar-refractivity contribution in [2.75, 3.05) is 6.61 Å². The van der Waals surface area contributed by atoms with E-state index in [0.717, 1.165) is 5.56 Å². The standard InChI is InChI=1S/C14H11Cl2FO2/c15-12-7-11(18)8-13(16)14(12)19-5-4-9-2-1-3-10(17)6-9/h1-3,6-8,18H,4-5H2. The van der Waals surface area contributed by atoms with E-state index >= 15 is 0 Å². The maximum absolute atomic E-state index is 13.0. The molecule has 0 unspecified atom stereocenters. The average Bonchev–Trinajstić information content (AvgIpc) is 2.32. The van der Waals surface area contributed by atoms with Gasteiger partial charge in [0.1, 0.15) is 11.6 Å². The molecule has 0 fully saturated rings. The Kier molecular flexibility index (Phi) is 4.51. The molecule has 0 aliphatic rings. The Morgan fingerprint density at radius 2 is 1.79 bits per heavy atom. The lowest BCUT2D eigenvalue weighted by molar-refractivity contribution is 0.321. The number of ether oxygens (including phenoxy) is 1. The molecule has 0 heterocycles. The molecule has 19 heavy (non-hydrogen) atoms. The zero-order valence-electron chi connectivity index (χ0n) is 9.87. The van der Waals surface area contributed by atoms with Crippen molar-refractivity contribution in [1.82, 2.24) is 0 Å². The summed E-state index contributed by atoms with van der Waals surface area (Å²) in [6.45, 7) is 0.313. The van der Waals surface area contributed by atoms with Crippen LogP contribution in [0.5, 0.6) is 11.5 Å². The Labute approximate surface area is 120 Å². The van der Waals surface area contributed by atoms with Crippen LogP contribution in [0.15, 0.2) is 36.4 Å². The largest absolute Gasteiger partial charge is 0.508 e. The van der Waals surface area contributed by atoms with Gasteiger partial charge in [-0.15, -0.1) is 0 Å². The average molecular weight is 301 g/mol. The Hall–Kier alpha value is -1.45. The van der Waals surface area contributed by atoms with Gasteiger partial charge >= 0.3 is 0 Å². The van der Waals surface area contributed by atoms with E-state index in [2.05, 4.69) is 0 Å². The maximum Gasteiger partial charge on any atom is 0.156 e. The van der Waals surface area contributed by atoms with Crippen molar-refractivity contribution < 1.29 is 14.2 Å². The summed E-state index contributed by atoms with van der Waals surface area (Å²) in [4.78, 5) is 0. The first kappa shape index (κ1) is 14.0. The fourth-order valence-corrected chi connectivity index (χ4v) is 2.23. The number of aromatic hydroxyl groups is 1. The van der Waals surface area contributed by atoms with E-state index in [9.17, 15) is 9.50 Å². The van der Waals surface area contributed by atoms with Crippen LogP contribution in [0.3, 0.4) is 0 Å². The van der Waals surface area contributed by atoms with Crippen molar-refractivity contribution in [3.8, 4) is 11.5 Å². The highest BCUT2D eigenvalue weighted by Gasteiger charge is 2.09. The Balaban J connectivity index is 2.00. The Bertz CT molecular complexity index is 564. The summed E-state index contributed by atoms with van der Waals surface area (Å²) in [6, 6.07) is 9.00. The van der Waals surface area contributed by atoms with Crippen LogP contribution in [0.1, 0.15) is 5.56 Å². The molecule has 1 N–H and O–H groups in total. The van der Waals surface area contributed by atoms with E-state index in [1.807, 2.05) is 6.07 Å². The molecule has 5 heteroatoms. The van der Waals surface area contributed by atoms with Crippen LogP contribution >= 0.6 is 23.2 Å². The minimum atomic E-state index is -0.279. The molecule has 0 radical (unpaired) electrons. The molecule has 0 spiro atoms. The highest BCUT2D eigenvalue weighted by atomic mass is 35.5. The molecule has 0 atom stereocenters. The van der Waals surface area contributed by atoms with Gasteiger partial charge in [0.25, 0.3) is 0 Å². The van der Waals surface area contributed by atoms with Crippen molar-refractivity contribution >= 4 is 23.2 Å². The molecule has 0 aliphatic carbocycles. The van der Waals surface area contributed by atoms with Crippen LogP contribution in [0.2, 0.25) is 10.0 Å². The number of phenolic OH excluding ortho intramolecular Hbond substituents is 1. The van der Waals surface area contributed by atoms with Gasteiger partial charge in [-0.25, -0.2) is 4.39 Å². The summed E-state index contributed by atoms with van der Waals surface area (Å²) in [5, 5.41) is 9.77. The van der Waals surface area contributed by atoms with Crippen LogP contribution in [-0.4, -0.2) is 11.7 Å². The third kappa shape index (κ3) is 3.75. The number of hydrogen-bond acceptors (Lipinski definition) is 2. The van der Waals surface area contributed by atoms with E-state index in [1.165, 1.54) is 24.3 Å². The number of phenols is 1. The molecular weight excluding hydrogens is 290 g/mol. The molecule has 2 aromatic carbocycles. The van der Waals surface area contributed by atoms with Crippen LogP contribution in [-0.2, 0) is 6.42 Å². The third-order valence-electron chi connectivity index (χ3n) is 2.51. The van der Waals surface area contributed by atoms with E-state index in [4.69, 9.17) is 27.9 Å². The molecule has 2 rings (SSSR count). The van der Waals surface area contributed by atoms with Crippen molar-refractivity contribution in [2.24, 2.45) is 0 Å². The Morgan fingerprint density at radius 3 is 2.42 bits per heavy atom. The Morgan fingerprint density at radius 1 is 1.11 bits per heavy atom. The fraction of sp³-hybridized carbons (Fsp3) is 0.143. The SMILES string of the molecule is Oc1cc(Cl)c(OCCc2cccc(F)c2)c(Cl)c1. The number of benzene rings is 2. The summed E-state index contributed by atoms with van der Waals surface area (Å²) >= 11 is 11.8. The zero-order chi connectivity index (χ0) is 13.8. The summed E-state index contributed by atoms with van der Waals surface area (Å²) < 4.78 is 18.4. The molecule has 0 bridgehead atoms. The smallest absolute Gasteiger partial charge is 0.156 e. The fourth-order valence-electron chi connectivity index (χ4n) is 1.65. The lowest BCUT2D eigenvalue weighted by Crippen LogP contribution is -2.02. The van der Waals surface area contributed by atoms with Crippen LogP contribution in [0, 0.1) is 5.82 Å². The number of hydrogen-bond donors (Lipinski definition) is 1. The summed E-state index contributed by atoms with van der Waals surface area (Å²) in [5.74, 6) is 0.0169. The molecule has 2 aromatic rings. The first-order chi connectivity index (χ1) is 9.06. The van der Waals surface area contributed by atoms with Gasteiger partial charge in [-0.1, -0.05) is 35.3 Å². The second kappa shape index (κ2) is 6.13. The predicted molar refractivity (Wildman–Crippen MR) is 73.7 cm³/mol. The van der Waals surface area contributed by atoms with Gasteiger partial charge in [-0.2, -0.15) is 0 Å². The molecule has 0 saturated heterocycles. The van der Waals surface area contributed by atoms with E-state index in [1.54, 1.807) is 6.07 Å². The van der Waals surface area contributed by atoms with Crippen LogP contribution in [0.4, 0.5) is 4.39 Å². The van der Waals surface area contributed by atoms with Crippen LogP contribution in [0.25, 0.3) is 0 Å². The third-order valence-corrected chi connectivity index (χ3v) is 3.07. The summed E-state index contributed by atoms with van der Waals surface area (Å²) in [6.07, 6.45) is 0.533. The van der Waals surface area contributed by atoms with Gasteiger partial charge in [0.2, 0.25) is 0 Å². The lowest BCUT2D eigenvalue weighted by Gasteiger charge is -2.10. The highest BCUT2D eigenvalue weighted by Crippen LogP contribution is 2.36. The minimum Gasteiger partial charge on any atom is -0.508 e. The maximum atomic E-state index is 13.0. The van der Waals surface area contributed by atoms with Gasteiger partial charge in [0.05, 0.1) is 16.7 Å². The minimum absolute atomic E-state index is 0.0209. The van der Waals surface area contributed by atoms with Crippen molar-refractivity contribution in [2.45, 2.75) is 6.42 Å². The van der Waals surface area contributed by atoms with Gasteiger partial charge in [0, 0.05) is 18.6 Å². The first-order valence-electron chi connectivity index (χ1n) is 5.61. The predicted octanol–water partition coefficient (Wildman–Crippen LogP) is 4.46. The van der Waals surface area contributed by atoms with Gasteiger partial charge in [-0.05, 0) is 17.7 Å². The van der Waals surface area contributed by atoms with Crippen molar-refractivity contribution in [3.05, 3.63) is 57.8 Å². The molecule has 2 nitrogen and oxygen atoms in total. The van der Waals surface area contributed by atoms with Gasteiger partial charge < -0.3 is 9.84 Å². The van der Waals surface area contributed by atoms with E-state index in [0.29, 0.717) is 18.8 Å². The molecule has 0 saturated carbocycles. The summed E-state index contributed by atoms with van der Waals surface area (Å²) in [7, 11) is 0. The van der Waals surface area contributed by atoms with E-state index in [-0.39, 0.29) is 21.6 Å². The van der Waals surface area contributed by atoms with Crippen molar-refractivity contribution in [1.29, 1.82) is 0 Å². The monoisotopic (exact) mass is 300 g/mol. The normalized spacial score (nSPS) is 10.5. The lowest BCUT2D eigenvalue weighted by atomic mass is 10.1. The number of halogens is 3. The highest BCUT2D eigenvalue weighted by molar-refractivity contribution is 6.37. The molecular formula is C14H11Cl2FO2.